The number of allylic oxidation sites excluding steroid dienone is 2. The van der Waals surface area contributed by atoms with Crippen molar-refractivity contribution in [3.8, 4) is 0 Å². The highest BCUT2D eigenvalue weighted by Gasteiger charge is 2.19. The number of hydrogen-bond donors (Lipinski definition) is 2. The summed E-state index contributed by atoms with van der Waals surface area (Å²) >= 11 is 0. The van der Waals surface area contributed by atoms with Crippen LogP contribution in [-0.2, 0) is 6.42 Å². The fourth-order valence-corrected chi connectivity index (χ4v) is 3.32. The molecule has 0 aliphatic carbocycles. The molecule has 0 saturated carbocycles. The third-order valence-electron chi connectivity index (χ3n) is 4.95. The lowest BCUT2D eigenvalue weighted by Gasteiger charge is -2.22. The summed E-state index contributed by atoms with van der Waals surface area (Å²) in [5, 5.41) is 5.36. The van der Waals surface area contributed by atoms with Gasteiger partial charge in [0.05, 0.1) is 0 Å². The molecule has 0 saturated heterocycles. The molecule has 0 spiro atoms. The van der Waals surface area contributed by atoms with Gasteiger partial charge in [-0.05, 0) is 68.0 Å². The summed E-state index contributed by atoms with van der Waals surface area (Å²) in [4.78, 5) is 16.2. The molecule has 1 atom stereocenters. The maximum absolute atomic E-state index is 11.5. The molecular weight excluding hydrogens is 346 g/mol. The van der Waals surface area contributed by atoms with E-state index in [9.17, 15) is 4.79 Å². The number of nitrogens with zero attached hydrogens (tertiary/aromatic N) is 1. The van der Waals surface area contributed by atoms with Gasteiger partial charge in [0.15, 0.2) is 0 Å². The average molecular weight is 378 g/mol. The Balaban J connectivity index is 2.38. The molecule has 0 radical (unpaired) electrons. The van der Waals surface area contributed by atoms with Crippen LogP contribution in [0.3, 0.4) is 0 Å². The van der Waals surface area contributed by atoms with Crippen molar-refractivity contribution in [3.63, 3.8) is 0 Å². The molecule has 2 amide bonds. The molecule has 2 rings (SSSR count). The molecule has 0 heterocycles. The van der Waals surface area contributed by atoms with Gasteiger partial charge in [0.1, 0.15) is 0 Å². The van der Waals surface area contributed by atoms with Gasteiger partial charge >= 0.3 is 6.03 Å². The maximum Gasteiger partial charge on any atom is 0.318 e. The molecule has 2 aromatic rings. The Labute approximate surface area is 168 Å². The summed E-state index contributed by atoms with van der Waals surface area (Å²) in [5.41, 5.74) is 7.02. The van der Waals surface area contributed by atoms with E-state index >= 15 is 0 Å². The van der Waals surface area contributed by atoms with Crippen LogP contribution >= 0.6 is 0 Å². The molecule has 0 aliphatic rings. The van der Waals surface area contributed by atoms with E-state index < -0.39 is 0 Å². The highest BCUT2D eigenvalue weighted by atomic mass is 16.2. The second-order valence-corrected chi connectivity index (χ2v) is 6.87. The fourth-order valence-electron chi connectivity index (χ4n) is 3.32. The summed E-state index contributed by atoms with van der Waals surface area (Å²) in [6.45, 7) is 8.45. The number of amides is 2. The first-order valence-corrected chi connectivity index (χ1v) is 9.82. The quantitative estimate of drug-likeness (QED) is 0.592. The van der Waals surface area contributed by atoms with Crippen molar-refractivity contribution in [3.05, 3.63) is 76.5 Å². The topological polar surface area (TPSA) is 53.5 Å². The number of urea groups is 1. The molecule has 2 N–H and O–H groups in total. The minimum Gasteiger partial charge on any atom is -0.341 e. The Kier molecular flexibility index (Phi) is 8.00. The van der Waals surface area contributed by atoms with Crippen LogP contribution < -0.4 is 10.6 Å². The van der Waals surface area contributed by atoms with Gasteiger partial charge in [-0.25, -0.2) is 4.79 Å². The fraction of sp³-hybridized carbons (Fsp3) is 0.333. The Morgan fingerprint density at radius 1 is 1.14 bits per heavy atom. The number of aliphatic imine (C=N–C) groups is 1. The normalized spacial score (nSPS) is 12.8. The number of aryl methyl sites for hydroxylation is 1. The summed E-state index contributed by atoms with van der Waals surface area (Å²) in [6.07, 6.45) is 5.89. The lowest BCUT2D eigenvalue weighted by Crippen LogP contribution is -2.24. The van der Waals surface area contributed by atoms with Crippen molar-refractivity contribution in [1.29, 1.82) is 0 Å². The van der Waals surface area contributed by atoms with Crippen LogP contribution in [0.2, 0.25) is 0 Å². The van der Waals surface area contributed by atoms with Crippen LogP contribution in [0, 0.1) is 13.8 Å². The van der Waals surface area contributed by atoms with Crippen molar-refractivity contribution < 1.29 is 4.79 Å². The van der Waals surface area contributed by atoms with E-state index in [2.05, 4.69) is 67.8 Å². The van der Waals surface area contributed by atoms with Crippen LogP contribution in [0.1, 0.15) is 48.4 Å². The van der Waals surface area contributed by atoms with E-state index in [4.69, 9.17) is 4.99 Å². The summed E-state index contributed by atoms with van der Waals surface area (Å²) in [6, 6.07) is 14.3. The van der Waals surface area contributed by atoms with Crippen LogP contribution in [-0.4, -0.2) is 19.3 Å². The van der Waals surface area contributed by atoms with E-state index in [0.29, 0.717) is 0 Å². The number of rotatable bonds is 7. The molecule has 0 fully saturated rings. The first-order valence-electron chi connectivity index (χ1n) is 9.82. The Bertz CT molecular complexity index is 851. The number of benzene rings is 2. The van der Waals surface area contributed by atoms with Crippen molar-refractivity contribution in [2.24, 2.45) is 4.99 Å². The molecule has 0 aromatic heterocycles. The number of carbonyl (C=O) groups is 1. The number of nitrogens with one attached hydrogen (secondary N) is 2. The minimum absolute atomic E-state index is 0.189. The molecule has 0 aliphatic heterocycles. The molecule has 0 bridgehead atoms. The smallest absolute Gasteiger partial charge is 0.318 e. The molecule has 28 heavy (non-hydrogen) atoms. The standard InChI is InChI=1S/C24H31N3O/c1-6-9-23(26-7-2)22(21-11-8-10-17(3)18(21)4)16-19-12-14-20(15-13-19)27-24(28)25-5/h7-15,22H,6,16H2,1-5H3,(H2,25,27,28)/b23-9-,26-7?. The van der Waals surface area contributed by atoms with Gasteiger partial charge in [-0.15, -0.1) is 0 Å². The van der Waals surface area contributed by atoms with Crippen LogP contribution in [0.25, 0.3) is 0 Å². The highest BCUT2D eigenvalue weighted by Crippen LogP contribution is 2.33. The molecule has 1 unspecified atom stereocenters. The molecular formula is C24H31N3O. The van der Waals surface area contributed by atoms with Gasteiger partial charge in [0.25, 0.3) is 0 Å². The van der Waals surface area contributed by atoms with Gasteiger partial charge in [-0.1, -0.05) is 43.3 Å². The molecule has 4 heteroatoms. The number of carbonyl (C=O) groups excluding carboxylic acids is 1. The van der Waals surface area contributed by atoms with E-state index in [-0.39, 0.29) is 11.9 Å². The average Bonchev–Trinajstić information content (AvgIpc) is 2.69. The molecule has 4 nitrogen and oxygen atoms in total. The Morgan fingerprint density at radius 3 is 2.46 bits per heavy atom. The Morgan fingerprint density at radius 2 is 1.86 bits per heavy atom. The van der Waals surface area contributed by atoms with Crippen molar-refractivity contribution in [2.45, 2.75) is 46.5 Å². The summed E-state index contributed by atoms with van der Waals surface area (Å²) < 4.78 is 0. The molecule has 148 valence electrons. The predicted octanol–water partition coefficient (Wildman–Crippen LogP) is 5.77. The third-order valence-corrected chi connectivity index (χ3v) is 4.95. The zero-order valence-electron chi connectivity index (χ0n) is 17.5. The van der Waals surface area contributed by atoms with Gasteiger partial charge in [-0.3, -0.25) is 4.99 Å². The Hall–Kier alpha value is -2.88. The van der Waals surface area contributed by atoms with Gasteiger partial charge in [0, 0.05) is 30.6 Å². The maximum atomic E-state index is 11.5. The zero-order valence-corrected chi connectivity index (χ0v) is 17.5. The monoisotopic (exact) mass is 377 g/mol. The van der Waals surface area contributed by atoms with Crippen molar-refractivity contribution in [1.82, 2.24) is 5.32 Å². The van der Waals surface area contributed by atoms with E-state index in [0.717, 1.165) is 24.2 Å². The van der Waals surface area contributed by atoms with Crippen molar-refractivity contribution in [2.75, 3.05) is 12.4 Å². The first kappa shape index (κ1) is 21.4. The van der Waals surface area contributed by atoms with Crippen LogP contribution in [0.4, 0.5) is 10.5 Å². The summed E-state index contributed by atoms with van der Waals surface area (Å²) in [7, 11) is 1.61. The highest BCUT2D eigenvalue weighted by molar-refractivity contribution is 5.88. The minimum atomic E-state index is -0.216. The third kappa shape index (κ3) is 5.56. The van der Waals surface area contributed by atoms with Gasteiger partial charge in [-0.2, -0.15) is 0 Å². The van der Waals surface area contributed by atoms with Crippen molar-refractivity contribution >= 4 is 17.9 Å². The lowest BCUT2D eigenvalue weighted by atomic mass is 9.85. The number of anilines is 1. The first-order chi connectivity index (χ1) is 13.5. The van der Waals surface area contributed by atoms with Gasteiger partial charge in [0.2, 0.25) is 0 Å². The lowest BCUT2D eigenvalue weighted by molar-refractivity contribution is 0.254. The van der Waals surface area contributed by atoms with Gasteiger partial charge < -0.3 is 10.6 Å². The largest absolute Gasteiger partial charge is 0.341 e. The number of hydrogen-bond acceptors (Lipinski definition) is 2. The van der Waals surface area contributed by atoms with E-state index in [1.807, 2.05) is 25.3 Å². The summed E-state index contributed by atoms with van der Waals surface area (Å²) in [5.74, 6) is 0.189. The van der Waals surface area contributed by atoms with Crippen LogP contribution in [0.15, 0.2) is 59.2 Å². The van der Waals surface area contributed by atoms with E-state index in [1.54, 1.807) is 7.05 Å². The SMILES string of the molecule is CC=N/C(=C\CC)C(Cc1ccc(NC(=O)NC)cc1)c1cccc(C)c1C. The second kappa shape index (κ2) is 10.5. The van der Waals surface area contributed by atoms with E-state index in [1.165, 1.54) is 22.3 Å². The van der Waals surface area contributed by atoms with Crippen LogP contribution in [0.5, 0.6) is 0 Å². The second-order valence-electron chi connectivity index (χ2n) is 6.87. The molecule has 2 aromatic carbocycles. The zero-order chi connectivity index (χ0) is 20.5. The predicted molar refractivity (Wildman–Crippen MR) is 119 cm³/mol.